The third-order valence-electron chi connectivity index (χ3n) is 1.71. The molecular formula is C10H8N2O2S. The summed E-state index contributed by atoms with van der Waals surface area (Å²) in [6.07, 6.45) is 3.16. The lowest BCUT2D eigenvalue weighted by atomic mass is 10.2. The molecule has 0 aliphatic heterocycles. The van der Waals surface area contributed by atoms with Gasteiger partial charge in [0.1, 0.15) is 5.69 Å². The van der Waals surface area contributed by atoms with Crippen LogP contribution in [0.5, 0.6) is 5.19 Å². The van der Waals surface area contributed by atoms with Gasteiger partial charge >= 0.3 is 5.97 Å². The molecule has 0 aliphatic rings. The number of carbonyl (C=O) groups is 1. The van der Waals surface area contributed by atoms with Crippen molar-refractivity contribution >= 4 is 17.3 Å². The molecule has 76 valence electrons. The SMILES string of the molecule is Cc1ccnc(C(=O)Oc2nccs2)c1. The highest BCUT2D eigenvalue weighted by atomic mass is 32.1. The second-order valence-corrected chi connectivity index (χ2v) is 3.76. The molecule has 2 aromatic rings. The lowest BCUT2D eigenvalue weighted by Gasteiger charge is -1.99. The third kappa shape index (κ3) is 2.38. The zero-order valence-electron chi connectivity index (χ0n) is 8.01. The molecule has 0 radical (unpaired) electrons. The van der Waals surface area contributed by atoms with E-state index in [0.717, 1.165) is 5.56 Å². The summed E-state index contributed by atoms with van der Waals surface area (Å²) < 4.78 is 5.00. The van der Waals surface area contributed by atoms with E-state index < -0.39 is 5.97 Å². The summed E-state index contributed by atoms with van der Waals surface area (Å²) >= 11 is 1.27. The van der Waals surface area contributed by atoms with E-state index in [2.05, 4.69) is 9.97 Å². The minimum absolute atomic E-state index is 0.296. The summed E-state index contributed by atoms with van der Waals surface area (Å²) in [6, 6.07) is 3.50. The van der Waals surface area contributed by atoms with E-state index in [1.807, 2.05) is 13.0 Å². The minimum atomic E-state index is -0.478. The van der Waals surface area contributed by atoms with Crippen molar-refractivity contribution in [2.45, 2.75) is 6.92 Å². The molecule has 15 heavy (non-hydrogen) atoms. The number of carbonyl (C=O) groups excluding carboxylic acids is 1. The van der Waals surface area contributed by atoms with Crippen LogP contribution >= 0.6 is 11.3 Å². The summed E-state index contributed by atoms with van der Waals surface area (Å²) in [4.78, 5) is 19.3. The molecule has 2 rings (SSSR count). The monoisotopic (exact) mass is 220 g/mol. The number of rotatable bonds is 2. The molecule has 0 bridgehead atoms. The number of hydrogen-bond donors (Lipinski definition) is 0. The standard InChI is InChI=1S/C10H8N2O2S/c1-7-2-3-11-8(6-7)9(13)14-10-12-4-5-15-10/h2-6H,1H3. The Hall–Kier alpha value is -1.75. The Bertz CT molecular complexity index is 468. The van der Waals surface area contributed by atoms with E-state index in [4.69, 9.17) is 4.74 Å². The summed E-state index contributed by atoms with van der Waals surface area (Å²) in [5.74, 6) is -0.478. The number of nitrogens with zero attached hydrogens (tertiary/aromatic N) is 2. The second-order valence-electron chi connectivity index (χ2n) is 2.91. The molecule has 0 aromatic carbocycles. The van der Waals surface area contributed by atoms with Gasteiger partial charge < -0.3 is 4.74 Å². The quantitative estimate of drug-likeness (QED) is 0.727. The average molecular weight is 220 g/mol. The molecule has 0 saturated heterocycles. The van der Waals surface area contributed by atoms with Crippen molar-refractivity contribution in [3.63, 3.8) is 0 Å². The van der Waals surface area contributed by atoms with Gasteiger partial charge in [-0.15, -0.1) is 0 Å². The van der Waals surface area contributed by atoms with Gasteiger partial charge in [0.05, 0.1) is 0 Å². The van der Waals surface area contributed by atoms with Gasteiger partial charge in [0.2, 0.25) is 0 Å². The first kappa shape index (κ1) is 9.79. The molecule has 0 fully saturated rings. The molecule has 2 aromatic heterocycles. The fraction of sp³-hybridized carbons (Fsp3) is 0.100. The molecule has 0 spiro atoms. The number of thiazole rings is 1. The predicted molar refractivity (Wildman–Crippen MR) is 56.0 cm³/mol. The Balaban J connectivity index is 2.15. The molecular weight excluding hydrogens is 212 g/mol. The van der Waals surface area contributed by atoms with Crippen LogP contribution in [0.25, 0.3) is 0 Å². The van der Waals surface area contributed by atoms with Crippen molar-refractivity contribution < 1.29 is 9.53 Å². The highest BCUT2D eigenvalue weighted by Crippen LogP contribution is 2.15. The number of hydrogen-bond acceptors (Lipinski definition) is 5. The molecule has 5 heteroatoms. The Morgan fingerprint density at radius 3 is 2.93 bits per heavy atom. The summed E-state index contributed by atoms with van der Waals surface area (Å²) in [5.41, 5.74) is 1.27. The van der Waals surface area contributed by atoms with Gasteiger partial charge in [0, 0.05) is 17.8 Å². The summed E-state index contributed by atoms with van der Waals surface area (Å²) in [6.45, 7) is 1.89. The molecule has 4 nitrogen and oxygen atoms in total. The zero-order valence-corrected chi connectivity index (χ0v) is 8.82. The Morgan fingerprint density at radius 1 is 1.40 bits per heavy atom. The number of pyridine rings is 1. The van der Waals surface area contributed by atoms with Crippen molar-refractivity contribution in [3.05, 3.63) is 41.2 Å². The molecule has 0 saturated carbocycles. The topological polar surface area (TPSA) is 52.1 Å². The normalized spacial score (nSPS) is 9.93. The van der Waals surface area contributed by atoms with Crippen LogP contribution in [-0.4, -0.2) is 15.9 Å². The maximum Gasteiger partial charge on any atom is 0.364 e. The first-order valence-corrected chi connectivity index (χ1v) is 5.18. The fourth-order valence-electron chi connectivity index (χ4n) is 1.04. The van der Waals surface area contributed by atoms with Gasteiger partial charge in [-0.1, -0.05) is 11.3 Å². The number of esters is 1. The Labute approximate surface area is 90.6 Å². The van der Waals surface area contributed by atoms with E-state index in [-0.39, 0.29) is 0 Å². The second kappa shape index (κ2) is 4.18. The van der Waals surface area contributed by atoms with Gasteiger partial charge in [-0.05, 0) is 24.6 Å². The smallest absolute Gasteiger partial charge is 0.364 e. The van der Waals surface area contributed by atoms with E-state index in [9.17, 15) is 4.79 Å². The fourth-order valence-corrected chi connectivity index (χ4v) is 1.52. The number of aromatic nitrogens is 2. The highest BCUT2D eigenvalue weighted by Gasteiger charge is 2.11. The minimum Gasteiger partial charge on any atom is -0.393 e. The van der Waals surface area contributed by atoms with Gasteiger partial charge in [-0.2, -0.15) is 0 Å². The van der Waals surface area contributed by atoms with Crippen LogP contribution in [0.2, 0.25) is 0 Å². The van der Waals surface area contributed by atoms with Gasteiger partial charge in [-0.25, -0.2) is 14.8 Å². The maximum absolute atomic E-state index is 11.5. The number of aryl methyl sites for hydroxylation is 1. The van der Waals surface area contributed by atoms with Crippen LogP contribution < -0.4 is 4.74 Å². The molecule has 0 unspecified atom stereocenters. The third-order valence-corrected chi connectivity index (χ3v) is 2.36. The van der Waals surface area contributed by atoms with Crippen LogP contribution in [0, 0.1) is 6.92 Å². The summed E-state index contributed by atoms with van der Waals surface area (Å²) in [5, 5.41) is 2.08. The van der Waals surface area contributed by atoms with Crippen LogP contribution in [-0.2, 0) is 0 Å². The maximum atomic E-state index is 11.5. The lowest BCUT2D eigenvalue weighted by molar-refractivity contribution is 0.0728. The molecule has 2 heterocycles. The largest absolute Gasteiger partial charge is 0.393 e. The van der Waals surface area contributed by atoms with E-state index in [1.54, 1.807) is 23.8 Å². The highest BCUT2D eigenvalue weighted by molar-refractivity contribution is 7.11. The Kier molecular flexibility index (Phi) is 2.73. The van der Waals surface area contributed by atoms with E-state index in [0.29, 0.717) is 10.9 Å². The van der Waals surface area contributed by atoms with E-state index in [1.165, 1.54) is 11.3 Å². The van der Waals surface area contributed by atoms with Gasteiger partial charge in [0.15, 0.2) is 0 Å². The lowest BCUT2D eigenvalue weighted by Crippen LogP contribution is -2.10. The van der Waals surface area contributed by atoms with Crippen molar-refractivity contribution in [1.82, 2.24) is 9.97 Å². The van der Waals surface area contributed by atoms with Crippen LogP contribution in [0.4, 0.5) is 0 Å². The molecule has 0 aliphatic carbocycles. The van der Waals surface area contributed by atoms with Crippen molar-refractivity contribution in [1.29, 1.82) is 0 Å². The van der Waals surface area contributed by atoms with Gasteiger partial charge in [0.25, 0.3) is 5.19 Å². The van der Waals surface area contributed by atoms with Crippen molar-refractivity contribution in [3.8, 4) is 5.19 Å². The van der Waals surface area contributed by atoms with Crippen molar-refractivity contribution in [2.75, 3.05) is 0 Å². The van der Waals surface area contributed by atoms with Crippen molar-refractivity contribution in [2.24, 2.45) is 0 Å². The van der Waals surface area contributed by atoms with Crippen LogP contribution in [0.15, 0.2) is 29.9 Å². The molecule has 0 N–H and O–H groups in total. The molecule has 0 atom stereocenters. The first-order chi connectivity index (χ1) is 7.25. The average Bonchev–Trinajstić information content (AvgIpc) is 2.70. The van der Waals surface area contributed by atoms with Gasteiger partial charge in [-0.3, -0.25) is 0 Å². The zero-order chi connectivity index (χ0) is 10.7. The van der Waals surface area contributed by atoms with E-state index >= 15 is 0 Å². The van der Waals surface area contributed by atoms with Crippen LogP contribution in [0.1, 0.15) is 16.1 Å². The summed E-state index contributed by atoms with van der Waals surface area (Å²) in [7, 11) is 0. The first-order valence-electron chi connectivity index (χ1n) is 4.30. The predicted octanol–water partition coefficient (Wildman–Crippen LogP) is 2.07. The van der Waals surface area contributed by atoms with Crippen LogP contribution in [0.3, 0.4) is 0 Å². The number of ether oxygens (including phenoxy) is 1. The molecule has 0 amide bonds. The Morgan fingerprint density at radius 2 is 2.27 bits per heavy atom.